The number of anilines is 2. The number of amides is 1. The zero-order chi connectivity index (χ0) is 33.4. The van der Waals surface area contributed by atoms with Crippen LogP contribution >= 0.6 is 15.9 Å². The minimum Gasteiger partial charge on any atom is -0.490 e. The van der Waals surface area contributed by atoms with E-state index < -0.39 is 11.0 Å². The van der Waals surface area contributed by atoms with Crippen molar-refractivity contribution in [1.82, 2.24) is 0 Å². The molecule has 0 saturated heterocycles. The number of benzene rings is 6. The number of halogens is 1. The standard InChI is InChI=1S/C43H35BrN2O3/c44-35-21-24-39-38(25-35)43(41(47)46(39)29-33-17-9-3-10-18-33)37-23-22-36(26-40(37)49-30-42(43,48)34-19-11-4-12-20-34)45(27-31-13-5-1-6-14-31)28-32-15-7-2-8-16-32/h1-26,48H,27-30H2/t42-,43?/m0/s1. The maximum Gasteiger partial charge on any atom is 0.246 e. The number of carbonyl (C=O) groups is 1. The van der Waals surface area contributed by atoms with Gasteiger partial charge in [0.25, 0.3) is 0 Å². The Balaban J connectivity index is 1.31. The predicted molar refractivity (Wildman–Crippen MR) is 198 cm³/mol. The molecule has 1 amide bonds. The van der Waals surface area contributed by atoms with E-state index in [4.69, 9.17) is 4.74 Å². The lowest BCUT2D eigenvalue weighted by Gasteiger charge is -2.48. The lowest BCUT2D eigenvalue weighted by Crippen LogP contribution is -2.61. The first-order chi connectivity index (χ1) is 24.0. The first kappa shape index (κ1) is 31.1. The molecule has 0 aromatic heterocycles. The summed E-state index contributed by atoms with van der Waals surface area (Å²) >= 11 is 3.70. The maximum absolute atomic E-state index is 15.4. The van der Waals surface area contributed by atoms with Gasteiger partial charge < -0.3 is 19.6 Å². The number of nitrogens with zero attached hydrogens (tertiary/aromatic N) is 2. The summed E-state index contributed by atoms with van der Waals surface area (Å²) in [5.74, 6) is 0.406. The largest absolute Gasteiger partial charge is 0.490 e. The molecule has 0 aliphatic carbocycles. The smallest absolute Gasteiger partial charge is 0.246 e. The highest BCUT2D eigenvalue weighted by Gasteiger charge is 2.67. The molecule has 6 aromatic carbocycles. The molecule has 0 saturated carbocycles. The molecule has 1 spiro atoms. The van der Waals surface area contributed by atoms with E-state index in [0.29, 0.717) is 36.5 Å². The molecule has 6 heteroatoms. The summed E-state index contributed by atoms with van der Waals surface area (Å²) in [5.41, 5.74) is 3.97. The van der Waals surface area contributed by atoms with Gasteiger partial charge >= 0.3 is 0 Å². The van der Waals surface area contributed by atoms with Crippen LogP contribution in [0.1, 0.15) is 33.4 Å². The van der Waals surface area contributed by atoms with E-state index in [-0.39, 0.29) is 12.5 Å². The van der Waals surface area contributed by atoms with Crippen molar-refractivity contribution in [3.8, 4) is 5.75 Å². The van der Waals surface area contributed by atoms with E-state index in [1.165, 1.54) is 11.1 Å². The topological polar surface area (TPSA) is 53.0 Å². The molecular formula is C43H35BrN2O3. The molecule has 49 heavy (non-hydrogen) atoms. The molecule has 2 atom stereocenters. The number of ether oxygens (including phenoxy) is 1. The van der Waals surface area contributed by atoms with Crippen molar-refractivity contribution in [3.63, 3.8) is 0 Å². The average Bonchev–Trinajstić information content (AvgIpc) is 3.38. The highest BCUT2D eigenvalue weighted by molar-refractivity contribution is 9.10. The first-order valence-corrected chi connectivity index (χ1v) is 17.3. The van der Waals surface area contributed by atoms with E-state index in [9.17, 15) is 5.11 Å². The minimum atomic E-state index is -1.70. The third kappa shape index (κ3) is 5.32. The Kier molecular flexibility index (Phi) is 8.06. The van der Waals surface area contributed by atoms with Gasteiger partial charge in [0.15, 0.2) is 0 Å². The van der Waals surface area contributed by atoms with Gasteiger partial charge in [-0.05, 0) is 46.5 Å². The van der Waals surface area contributed by atoms with Crippen molar-refractivity contribution < 1.29 is 14.6 Å². The third-order valence-corrected chi connectivity index (χ3v) is 10.4. The number of hydrogen-bond acceptors (Lipinski definition) is 4. The van der Waals surface area contributed by atoms with Crippen LogP contribution in [0.4, 0.5) is 11.4 Å². The van der Waals surface area contributed by atoms with Crippen LogP contribution < -0.4 is 14.5 Å². The maximum atomic E-state index is 15.4. The highest BCUT2D eigenvalue weighted by Crippen LogP contribution is 2.60. The second-order valence-corrected chi connectivity index (χ2v) is 13.7. The van der Waals surface area contributed by atoms with Crippen molar-refractivity contribution in [3.05, 3.63) is 196 Å². The Labute approximate surface area is 295 Å². The summed E-state index contributed by atoms with van der Waals surface area (Å²) in [5, 5.41) is 13.1. The van der Waals surface area contributed by atoms with Crippen molar-refractivity contribution >= 4 is 33.2 Å². The molecule has 1 N–H and O–H groups in total. The summed E-state index contributed by atoms with van der Waals surface area (Å²) in [7, 11) is 0. The van der Waals surface area contributed by atoms with E-state index in [2.05, 4.69) is 75.4 Å². The van der Waals surface area contributed by atoms with Crippen LogP contribution in [0.25, 0.3) is 0 Å². The Morgan fingerprint density at radius 3 is 1.86 bits per heavy atom. The van der Waals surface area contributed by atoms with E-state index in [0.717, 1.165) is 27.0 Å². The van der Waals surface area contributed by atoms with Crippen molar-refractivity contribution in [2.75, 3.05) is 16.4 Å². The van der Waals surface area contributed by atoms with Crippen LogP contribution in [0.3, 0.4) is 0 Å². The van der Waals surface area contributed by atoms with Crippen molar-refractivity contribution in [2.24, 2.45) is 0 Å². The molecule has 5 nitrogen and oxygen atoms in total. The van der Waals surface area contributed by atoms with Crippen LogP contribution in [0, 0.1) is 0 Å². The summed E-state index contributed by atoms with van der Waals surface area (Å²) < 4.78 is 7.39. The molecule has 0 radical (unpaired) electrons. The zero-order valence-electron chi connectivity index (χ0n) is 26.9. The number of carbonyl (C=O) groups excluding carboxylic acids is 1. The number of hydrogen-bond donors (Lipinski definition) is 1. The fourth-order valence-electron chi connectivity index (χ4n) is 7.56. The Hall–Kier alpha value is -5.17. The van der Waals surface area contributed by atoms with Crippen LogP contribution in [0.2, 0.25) is 0 Å². The van der Waals surface area contributed by atoms with Crippen LogP contribution in [0.5, 0.6) is 5.75 Å². The Bertz CT molecular complexity index is 2070. The van der Waals surface area contributed by atoms with Gasteiger partial charge in [0, 0.05) is 46.1 Å². The van der Waals surface area contributed by atoms with Gasteiger partial charge in [0.1, 0.15) is 23.4 Å². The first-order valence-electron chi connectivity index (χ1n) is 16.5. The summed E-state index contributed by atoms with van der Waals surface area (Å²) in [6, 6.07) is 52.3. The molecule has 242 valence electrons. The van der Waals surface area contributed by atoms with Crippen molar-refractivity contribution in [2.45, 2.75) is 30.7 Å². The molecule has 2 aliphatic heterocycles. The van der Waals surface area contributed by atoms with Gasteiger partial charge in [0.2, 0.25) is 5.91 Å². The zero-order valence-corrected chi connectivity index (χ0v) is 28.5. The lowest BCUT2D eigenvalue weighted by molar-refractivity contribution is -0.139. The Morgan fingerprint density at radius 1 is 0.673 bits per heavy atom. The summed E-state index contributed by atoms with van der Waals surface area (Å²) in [4.78, 5) is 19.5. The van der Waals surface area contributed by atoms with Crippen LogP contribution in [-0.4, -0.2) is 17.6 Å². The summed E-state index contributed by atoms with van der Waals surface area (Å²) in [6.07, 6.45) is 0. The van der Waals surface area contributed by atoms with E-state index >= 15 is 4.79 Å². The normalized spacial score (nSPS) is 19.3. The van der Waals surface area contributed by atoms with Gasteiger partial charge in [-0.1, -0.05) is 143 Å². The van der Waals surface area contributed by atoms with Gasteiger partial charge in [-0.2, -0.15) is 0 Å². The molecule has 0 bridgehead atoms. The van der Waals surface area contributed by atoms with Crippen LogP contribution in [0.15, 0.2) is 162 Å². The minimum absolute atomic E-state index is 0.0955. The fourth-order valence-corrected chi connectivity index (χ4v) is 7.93. The second kappa shape index (κ2) is 12.7. The molecule has 8 rings (SSSR count). The van der Waals surface area contributed by atoms with Gasteiger partial charge in [-0.25, -0.2) is 0 Å². The second-order valence-electron chi connectivity index (χ2n) is 12.8. The van der Waals surface area contributed by atoms with Gasteiger partial charge in [0.05, 0.1) is 6.54 Å². The monoisotopic (exact) mass is 706 g/mol. The molecule has 2 heterocycles. The summed E-state index contributed by atoms with van der Waals surface area (Å²) in [6.45, 7) is 1.65. The number of fused-ring (bicyclic) bond motifs is 4. The average molecular weight is 708 g/mol. The SMILES string of the molecule is O=C1N(Cc2ccccc2)c2ccc(Br)cc2C12c1ccc(N(Cc3ccccc3)Cc3ccccc3)cc1OC[C@]2(O)c1ccccc1. The van der Waals surface area contributed by atoms with Gasteiger partial charge in [-0.15, -0.1) is 0 Å². The molecule has 0 fully saturated rings. The van der Waals surface area contributed by atoms with E-state index in [1.807, 2.05) is 108 Å². The number of rotatable bonds is 8. The molecule has 2 aliphatic rings. The molecule has 6 aromatic rings. The molecule has 1 unspecified atom stereocenters. The lowest BCUT2D eigenvalue weighted by atomic mass is 9.60. The van der Waals surface area contributed by atoms with E-state index in [1.54, 1.807) is 0 Å². The van der Waals surface area contributed by atoms with Gasteiger partial charge in [-0.3, -0.25) is 4.79 Å². The third-order valence-electron chi connectivity index (χ3n) is 9.88. The van der Waals surface area contributed by atoms with Crippen molar-refractivity contribution in [1.29, 1.82) is 0 Å². The number of aliphatic hydroxyl groups is 1. The Morgan fingerprint density at radius 2 is 1.24 bits per heavy atom. The fraction of sp³-hybridized carbons (Fsp3) is 0.140. The van der Waals surface area contributed by atoms with Crippen LogP contribution in [-0.2, 0) is 35.4 Å². The molecular weight excluding hydrogens is 672 g/mol. The quantitative estimate of drug-likeness (QED) is 0.172. The highest BCUT2D eigenvalue weighted by atomic mass is 79.9. The predicted octanol–water partition coefficient (Wildman–Crippen LogP) is 8.77.